The predicted molar refractivity (Wildman–Crippen MR) is 84.7 cm³/mol. The van der Waals surface area contributed by atoms with Crippen molar-refractivity contribution < 1.29 is 14.3 Å². The number of morpholine rings is 1. The molecule has 2 aliphatic heterocycles. The molecule has 1 N–H and O–H groups in total. The van der Waals surface area contributed by atoms with E-state index in [1.165, 1.54) is 25.7 Å². The van der Waals surface area contributed by atoms with Crippen LogP contribution in [0.3, 0.4) is 0 Å². The van der Waals surface area contributed by atoms with Gasteiger partial charge < -0.3 is 14.8 Å². The molecule has 2 saturated heterocycles. The van der Waals surface area contributed by atoms with Gasteiger partial charge in [-0.1, -0.05) is 12.8 Å². The molecule has 22 heavy (non-hydrogen) atoms. The second-order valence-electron chi connectivity index (χ2n) is 7.05. The minimum absolute atomic E-state index is 0.0411. The number of carbonyl (C=O) groups is 1. The number of hydrogen-bond acceptors (Lipinski definition) is 4. The van der Waals surface area contributed by atoms with Gasteiger partial charge in [0.2, 0.25) is 5.91 Å². The highest BCUT2D eigenvalue weighted by Gasteiger charge is 2.45. The average Bonchev–Trinajstić information content (AvgIpc) is 3.07. The Balaban J connectivity index is 1.64. The smallest absolute Gasteiger partial charge is 0.225 e. The summed E-state index contributed by atoms with van der Waals surface area (Å²) in [4.78, 5) is 15.1. The molecule has 5 heteroatoms. The van der Waals surface area contributed by atoms with Crippen LogP contribution in [0.2, 0.25) is 0 Å². The zero-order chi connectivity index (χ0) is 15.4. The fourth-order valence-electron chi connectivity index (χ4n) is 4.43. The van der Waals surface area contributed by atoms with Gasteiger partial charge in [-0.05, 0) is 32.6 Å². The highest BCUT2D eigenvalue weighted by atomic mass is 16.5. The van der Waals surface area contributed by atoms with Crippen LogP contribution < -0.4 is 5.32 Å². The molecule has 0 aromatic rings. The Morgan fingerprint density at radius 3 is 2.50 bits per heavy atom. The van der Waals surface area contributed by atoms with Crippen LogP contribution in [0.25, 0.3) is 0 Å². The molecule has 5 nitrogen and oxygen atoms in total. The second-order valence-corrected chi connectivity index (χ2v) is 7.05. The van der Waals surface area contributed by atoms with Gasteiger partial charge >= 0.3 is 0 Å². The van der Waals surface area contributed by atoms with Gasteiger partial charge in [0.15, 0.2) is 0 Å². The van der Waals surface area contributed by atoms with E-state index >= 15 is 0 Å². The zero-order valence-electron chi connectivity index (χ0n) is 13.8. The number of amides is 1. The Morgan fingerprint density at radius 1 is 1.14 bits per heavy atom. The van der Waals surface area contributed by atoms with Crippen molar-refractivity contribution in [3.63, 3.8) is 0 Å². The molecule has 3 aliphatic rings. The first-order valence-electron chi connectivity index (χ1n) is 8.93. The zero-order valence-corrected chi connectivity index (χ0v) is 13.8. The molecule has 0 unspecified atom stereocenters. The third kappa shape index (κ3) is 3.31. The third-order valence-corrected chi connectivity index (χ3v) is 5.81. The van der Waals surface area contributed by atoms with Crippen LogP contribution in [0.1, 0.15) is 45.4 Å². The van der Waals surface area contributed by atoms with Gasteiger partial charge in [-0.2, -0.15) is 0 Å². The van der Waals surface area contributed by atoms with E-state index in [0.717, 1.165) is 45.8 Å². The Kier molecular flexibility index (Phi) is 5.37. The fourth-order valence-corrected chi connectivity index (χ4v) is 4.43. The van der Waals surface area contributed by atoms with Crippen molar-refractivity contribution in [1.82, 2.24) is 10.2 Å². The normalized spacial score (nSPS) is 30.9. The summed E-state index contributed by atoms with van der Waals surface area (Å²) in [6.07, 6.45) is 6.88. The second kappa shape index (κ2) is 7.28. The summed E-state index contributed by atoms with van der Waals surface area (Å²) in [5.74, 6) is 0.228. The van der Waals surface area contributed by atoms with Crippen molar-refractivity contribution in [1.29, 1.82) is 0 Å². The van der Waals surface area contributed by atoms with Crippen LogP contribution in [0.15, 0.2) is 0 Å². The molecule has 1 amide bonds. The molecule has 3 rings (SSSR count). The van der Waals surface area contributed by atoms with Gasteiger partial charge in [-0.3, -0.25) is 9.69 Å². The molecule has 1 aliphatic carbocycles. The van der Waals surface area contributed by atoms with E-state index in [0.29, 0.717) is 6.61 Å². The Morgan fingerprint density at radius 2 is 1.86 bits per heavy atom. The van der Waals surface area contributed by atoms with Crippen LogP contribution in [0, 0.1) is 5.92 Å². The van der Waals surface area contributed by atoms with Gasteiger partial charge in [-0.25, -0.2) is 0 Å². The standard InChI is InChI=1S/C17H30N2O3/c1-14(18-16(20)15-5-4-10-22-13-15)17(6-2-3-7-17)19-8-11-21-12-9-19/h14-15H,2-13H2,1H3,(H,18,20)/t14-,15-/m1/s1. The van der Waals surface area contributed by atoms with E-state index in [2.05, 4.69) is 17.1 Å². The highest BCUT2D eigenvalue weighted by molar-refractivity contribution is 5.79. The van der Waals surface area contributed by atoms with E-state index in [-0.39, 0.29) is 23.4 Å². The third-order valence-electron chi connectivity index (χ3n) is 5.81. The molecule has 0 bridgehead atoms. The molecule has 1 saturated carbocycles. The lowest BCUT2D eigenvalue weighted by atomic mass is 9.86. The van der Waals surface area contributed by atoms with Gasteiger partial charge in [0, 0.05) is 31.3 Å². The molecule has 3 fully saturated rings. The van der Waals surface area contributed by atoms with E-state index in [1.54, 1.807) is 0 Å². The van der Waals surface area contributed by atoms with Gasteiger partial charge in [0.05, 0.1) is 25.7 Å². The SMILES string of the molecule is C[C@@H](NC(=O)[C@@H]1CCCOC1)C1(N2CCOCC2)CCCC1. The quantitative estimate of drug-likeness (QED) is 0.856. The van der Waals surface area contributed by atoms with Gasteiger partial charge in [0.1, 0.15) is 0 Å². The van der Waals surface area contributed by atoms with Crippen LogP contribution in [0.5, 0.6) is 0 Å². The van der Waals surface area contributed by atoms with E-state index in [9.17, 15) is 4.79 Å². The lowest BCUT2D eigenvalue weighted by molar-refractivity contribution is -0.131. The molecule has 0 aromatic heterocycles. The summed E-state index contributed by atoms with van der Waals surface area (Å²) >= 11 is 0. The van der Waals surface area contributed by atoms with Crippen LogP contribution in [0.4, 0.5) is 0 Å². The average molecular weight is 310 g/mol. The van der Waals surface area contributed by atoms with Crippen molar-refractivity contribution in [3.8, 4) is 0 Å². The molecule has 0 aromatic carbocycles. The molecule has 2 atom stereocenters. The lowest BCUT2D eigenvalue weighted by Crippen LogP contribution is -2.62. The van der Waals surface area contributed by atoms with E-state index < -0.39 is 0 Å². The first kappa shape index (κ1) is 16.2. The summed E-state index contributed by atoms with van der Waals surface area (Å²) in [7, 11) is 0. The Labute approximate surface area is 133 Å². The first-order valence-corrected chi connectivity index (χ1v) is 8.93. The molecule has 0 spiro atoms. The maximum Gasteiger partial charge on any atom is 0.225 e. The summed E-state index contributed by atoms with van der Waals surface area (Å²) in [6, 6.07) is 0.197. The van der Waals surface area contributed by atoms with E-state index in [4.69, 9.17) is 9.47 Å². The summed E-state index contributed by atoms with van der Waals surface area (Å²) < 4.78 is 11.0. The largest absolute Gasteiger partial charge is 0.381 e. The van der Waals surface area contributed by atoms with Crippen molar-refractivity contribution >= 4 is 5.91 Å². The Hall–Kier alpha value is -0.650. The fraction of sp³-hybridized carbons (Fsp3) is 0.941. The molecule has 2 heterocycles. The first-order chi connectivity index (χ1) is 10.7. The van der Waals surface area contributed by atoms with Crippen molar-refractivity contribution in [2.24, 2.45) is 5.92 Å². The Bertz CT molecular complexity index is 370. The van der Waals surface area contributed by atoms with Gasteiger partial charge in [-0.15, -0.1) is 0 Å². The van der Waals surface area contributed by atoms with Crippen LogP contribution >= 0.6 is 0 Å². The maximum absolute atomic E-state index is 12.6. The van der Waals surface area contributed by atoms with Crippen molar-refractivity contribution in [2.75, 3.05) is 39.5 Å². The molecular formula is C17H30N2O3. The summed E-state index contributed by atoms with van der Waals surface area (Å²) in [5.41, 5.74) is 0.134. The number of hydrogen-bond donors (Lipinski definition) is 1. The summed E-state index contributed by atoms with van der Waals surface area (Å²) in [5, 5.41) is 3.33. The molecule has 0 radical (unpaired) electrons. The van der Waals surface area contributed by atoms with Crippen molar-refractivity contribution in [2.45, 2.75) is 57.0 Å². The van der Waals surface area contributed by atoms with E-state index in [1.807, 2.05) is 0 Å². The minimum Gasteiger partial charge on any atom is -0.381 e. The topological polar surface area (TPSA) is 50.8 Å². The lowest BCUT2D eigenvalue weighted by Gasteiger charge is -2.47. The number of nitrogens with one attached hydrogen (secondary N) is 1. The van der Waals surface area contributed by atoms with Crippen LogP contribution in [-0.2, 0) is 14.3 Å². The summed E-state index contributed by atoms with van der Waals surface area (Å²) in [6.45, 7) is 7.21. The maximum atomic E-state index is 12.6. The molecular weight excluding hydrogens is 280 g/mol. The number of ether oxygens (including phenoxy) is 2. The molecule has 126 valence electrons. The monoisotopic (exact) mass is 310 g/mol. The predicted octanol–water partition coefficient (Wildman–Crippen LogP) is 1.56. The number of rotatable bonds is 4. The van der Waals surface area contributed by atoms with Crippen molar-refractivity contribution in [3.05, 3.63) is 0 Å². The highest BCUT2D eigenvalue weighted by Crippen LogP contribution is 2.38. The van der Waals surface area contributed by atoms with Gasteiger partial charge in [0.25, 0.3) is 0 Å². The number of carbonyl (C=O) groups excluding carboxylic acids is 1. The minimum atomic E-state index is 0.0411. The van der Waals surface area contributed by atoms with Crippen LogP contribution in [-0.4, -0.2) is 61.9 Å². The number of nitrogens with zero attached hydrogens (tertiary/aromatic N) is 1.